The zero-order valence-corrected chi connectivity index (χ0v) is 8.94. The minimum Gasteiger partial charge on any atom is -0.355 e. The molecule has 1 aliphatic carbocycles. The molecule has 0 saturated heterocycles. The molecular weight excluding hydrogens is 186 g/mol. The van der Waals surface area contributed by atoms with Gasteiger partial charge in [-0.2, -0.15) is 0 Å². The summed E-state index contributed by atoms with van der Waals surface area (Å²) in [5, 5.41) is 2.86. The fourth-order valence-corrected chi connectivity index (χ4v) is 2.08. The van der Waals surface area contributed by atoms with Crippen molar-refractivity contribution in [3.63, 3.8) is 0 Å². The summed E-state index contributed by atoms with van der Waals surface area (Å²) < 4.78 is 0. The molecule has 0 radical (unpaired) electrons. The van der Waals surface area contributed by atoms with Gasteiger partial charge in [0.05, 0.1) is 0 Å². The summed E-state index contributed by atoms with van der Waals surface area (Å²) in [6.07, 6.45) is 5.22. The van der Waals surface area contributed by atoms with Crippen molar-refractivity contribution in [2.45, 2.75) is 32.6 Å². The van der Waals surface area contributed by atoms with Crippen LogP contribution in [-0.2, 0) is 4.79 Å². The number of alkyl halides is 1. The van der Waals surface area contributed by atoms with Crippen molar-refractivity contribution in [3.8, 4) is 0 Å². The molecule has 1 aliphatic rings. The molecule has 0 aromatic rings. The lowest BCUT2D eigenvalue weighted by molar-refractivity contribution is -0.118. The van der Waals surface area contributed by atoms with Crippen LogP contribution in [-0.4, -0.2) is 18.3 Å². The van der Waals surface area contributed by atoms with E-state index in [1.165, 1.54) is 25.7 Å². The van der Waals surface area contributed by atoms with Crippen LogP contribution in [0.3, 0.4) is 0 Å². The third-order valence-corrected chi connectivity index (χ3v) is 3.21. The molecule has 1 N–H and O–H groups in total. The molecule has 3 heteroatoms. The number of carbonyl (C=O) groups is 1. The summed E-state index contributed by atoms with van der Waals surface area (Å²) >= 11 is 5.39. The Kier molecular flexibility index (Phi) is 4.57. The number of halogens is 1. The molecule has 0 bridgehead atoms. The molecule has 0 aromatic heterocycles. The van der Waals surface area contributed by atoms with Gasteiger partial charge < -0.3 is 5.32 Å². The van der Waals surface area contributed by atoms with Gasteiger partial charge in [-0.05, 0) is 18.3 Å². The van der Waals surface area contributed by atoms with Crippen molar-refractivity contribution in [2.24, 2.45) is 11.8 Å². The van der Waals surface area contributed by atoms with Crippen LogP contribution in [0.5, 0.6) is 0 Å². The molecule has 1 saturated carbocycles. The molecule has 1 amide bonds. The van der Waals surface area contributed by atoms with Crippen molar-refractivity contribution >= 4 is 17.5 Å². The van der Waals surface area contributed by atoms with Crippen LogP contribution >= 0.6 is 11.6 Å². The van der Waals surface area contributed by atoms with Gasteiger partial charge in [0.25, 0.3) is 0 Å². The van der Waals surface area contributed by atoms with E-state index in [4.69, 9.17) is 11.6 Å². The second kappa shape index (κ2) is 5.48. The first kappa shape index (κ1) is 10.8. The van der Waals surface area contributed by atoms with Gasteiger partial charge in [-0.15, -0.1) is 11.6 Å². The first-order valence-electron chi connectivity index (χ1n) is 5.06. The largest absolute Gasteiger partial charge is 0.355 e. The van der Waals surface area contributed by atoms with Crippen LogP contribution in [0.2, 0.25) is 0 Å². The van der Waals surface area contributed by atoms with Crippen LogP contribution in [0.25, 0.3) is 0 Å². The lowest BCUT2D eigenvalue weighted by atomic mass is 9.80. The minimum atomic E-state index is -0.0422. The van der Waals surface area contributed by atoms with E-state index in [9.17, 15) is 4.79 Å². The van der Waals surface area contributed by atoms with Crippen molar-refractivity contribution in [3.05, 3.63) is 0 Å². The Morgan fingerprint density at radius 2 is 2.15 bits per heavy atom. The Labute approximate surface area is 85.0 Å². The maximum Gasteiger partial charge on any atom is 0.234 e. The average Bonchev–Trinajstić information content (AvgIpc) is 2.16. The van der Waals surface area contributed by atoms with Crippen LogP contribution in [0.1, 0.15) is 32.6 Å². The normalized spacial score (nSPS) is 28.5. The summed E-state index contributed by atoms with van der Waals surface area (Å²) in [4.78, 5) is 10.9. The predicted molar refractivity (Wildman–Crippen MR) is 54.9 cm³/mol. The number of carbonyl (C=O) groups excluding carboxylic acids is 1. The van der Waals surface area contributed by atoms with E-state index in [2.05, 4.69) is 12.2 Å². The van der Waals surface area contributed by atoms with Gasteiger partial charge in [0.15, 0.2) is 0 Å². The van der Waals surface area contributed by atoms with E-state index in [1.54, 1.807) is 0 Å². The Balaban J connectivity index is 2.22. The van der Waals surface area contributed by atoms with E-state index in [-0.39, 0.29) is 11.8 Å². The first-order chi connectivity index (χ1) is 6.24. The fourth-order valence-electron chi connectivity index (χ4n) is 1.99. The van der Waals surface area contributed by atoms with E-state index >= 15 is 0 Å². The lowest BCUT2D eigenvalue weighted by Crippen LogP contribution is -2.33. The molecule has 0 heterocycles. The van der Waals surface area contributed by atoms with E-state index in [0.29, 0.717) is 5.92 Å². The molecule has 2 nitrogen and oxygen atoms in total. The number of hydrogen-bond donors (Lipinski definition) is 1. The van der Waals surface area contributed by atoms with Gasteiger partial charge in [0, 0.05) is 6.54 Å². The van der Waals surface area contributed by atoms with E-state index < -0.39 is 0 Å². The van der Waals surface area contributed by atoms with Crippen LogP contribution in [0.4, 0.5) is 0 Å². The zero-order valence-electron chi connectivity index (χ0n) is 8.18. The number of nitrogens with one attached hydrogen (secondary N) is 1. The Morgan fingerprint density at radius 3 is 2.77 bits per heavy atom. The molecule has 76 valence electrons. The van der Waals surface area contributed by atoms with E-state index in [1.807, 2.05) is 0 Å². The third kappa shape index (κ3) is 3.55. The van der Waals surface area contributed by atoms with Gasteiger partial charge >= 0.3 is 0 Å². The minimum absolute atomic E-state index is 0.0422. The standard InChI is InChI=1S/C10H18ClNO/c1-8-4-2-3-5-9(8)7-12-10(13)6-11/h8-9H,2-7H2,1H3,(H,12,13). The van der Waals surface area contributed by atoms with Gasteiger partial charge in [-0.1, -0.05) is 26.2 Å². The van der Waals surface area contributed by atoms with Crippen LogP contribution in [0, 0.1) is 11.8 Å². The van der Waals surface area contributed by atoms with Crippen molar-refractivity contribution in [1.82, 2.24) is 5.32 Å². The zero-order chi connectivity index (χ0) is 9.68. The number of rotatable bonds is 3. The summed E-state index contributed by atoms with van der Waals surface area (Å²) in [6.45, 7) is 3.09. The monoisotopic (exact) mass is 203 g/mol. The molecular formula is C10H18ClNO. The first-order valence-corrected chi connectivity index (χ1v) is 5.60. The average molecular weight is 204 g/mol. The summed E-state index contributed by atoms with van der Waals surface area (Å²) in [5.41, 5.74) is 0. The highest BCUT2D eigenvalue weighted by atomic mass is 35.5. The van der Waals surface area contributed by atoms with Crippen molar-refractivity contribution < 1.29 is 4.79 Å². The lowest BCUT2D eigenvalue weighted by Gasteiger charge is -2.28. The maximum absolute atomic E-state index is 10.9. The molecule has 2 atom stereocenters. The summed E-state index contributed by atoms with van der Waals surface area (Å²) in [7, 11) is 0. The molecule has 2 unspecified atom stereocenters. The van der Waals surface area contributed by atoms with Crippen molar-refractivity contribution in [1.29, 1.82) is 0 Å². The highest BCUT2D eigenvalue weighted by Crippen LogP contribution is 2.28. The van der Waals surface area contributed by atoms with Crippen molar-refractivity contribution in [2.75, 3.05) is 12.4 Å². The second-order valence-electron chi connectivity index (χ2n) is 3.96. The Bertz CT molecular complexity index is 172. The van der Waals surface area contributed by atoms with Gasteiger partial charge in [0.1, 0.15) is 5.88 Å². The Hall–Kier alpha value is -0.240. The summed E-state index contributed by atoms with van der Waals surface area (Å²) in [6, 6.07) is 0. The van der Waals surface area contributed by atoms with Gasteiger partial charge in [-0.3, -0.25) is 4.79 Å². The fraction of sp³-hybridized carbons (Fsp3) is 0.900. The maximum atomic E-state index is 10.9. The predicted octanol–water partition coefficient (Wildman–Crippen LogP) is 2.17. The molecule has 0 aliphatic heterocycles. The molecule has 13 heavy (non-hydrogen) atoms. The van der Waals surface area contributed by atoms with Crippen LogP contribution in [0.15, 0.2) is 0 Å². The molecule has 1 rings (SSSR count). The van der Waals surface area contributed by atoms with Gasteiger partial charge in [0.2, 0.25) is 5.91 Å². The van der Waals surface area contributed by atoms with Gasteiger partial charge in [-0.25, -0.2) is 0 Å². The molecule has 0 aromatic carbocycles. The number of hydrogen-bond acceptors (Lipinski definition) is 1. The molecule has 1 fully saturated rings. The summed E-state index contributed by atoms with van der Waals surface area (Å²) in [5.74, 6) is 1.46. The second-order valence-corrected chi connectivity index (χ2v) is 4.23. The number of amides is 1. The quantitative estimate of drug-likeness (QED) is 0.700. The topological polar surface area (TPSA) is 29.1 Å². The van der Waals surface area contributed by atoms with E-state index in [0.717, 1.165) is 12.5 Å². The highest BCUT2D eigenvalue weighted by molar-refractivity contribution is 6.27. The van der Waals surface area contributed by atoms with Crippen LogP contribution < -0.4 is 5.32 Å². The smallest absolute Gasteiger partial charge is 0.234 e. The SMILES string of the molecule is CC1CCCCC1CNC(=O)CCl. The third-order valence-electron chi connectivity index (χ3n) is 2.97. The highest BCUT2D eigenvalue weighted by Gasteiger charge is 2.21. The Morgan fingerprint density at radius 1 is 1.46 bits per heavy atom. The molecule has 0 spiro atoms.